The average molecular weight is 526 g/mol. The second-order valence-corrected chi connectivity index (χ2v) is 10.3. The number of likely N-dealkylation sites (tertiary alicyclic amines) is 1. The number of ether oxygens (including phenoxy) is 1. The summed E-state index contributed by atoms with van der Waals surface area (Å²) >= 11 is 0. The lowest BCUT2D eigenvalue weighted by Crippen LogP contribution is -2.29. The molecule has 2 aromatic carbocycles. The molecule has 3 N–H and O–H groups in total. The van der Waals surface area contributed by atoms with Crippen molar-refractivity contribution in [2.24, 2.45) is 0 Å². The molecule has 5 rings (SSSR count). The molecule has 2 aliphatic rings. The van der Waals surface area contributed by atoms with Gasteiger partial charge in [0.25, 0.3) is 0 Å². The lowest BCUT2D eigenvalue weighted by molar-refractivity contribution is -0.109. The first-order valence-electron chi connectivity index (χ1n) is 14.2. The van der Waals surface area contributed by atoms with Crippen LogP contribution in [0.5, 0.6) is 5.75 Å². The number of unbranched alkanes of at least 4 members (excludes halogenated alkanes) is 2. The summed E-state index contributed by atoms with van der Waals surface area (Å²) in [6, 6.07) is 18.0. The third-order valence-electron chi connectivity index (χ3n) is 7.28. The number of pyridine rings is 1. The molecule has 3 aromatic rings. The molecule has 1 unspecified atom stereocenters. The van der Waals surface area contributed by atoms with Gasteiger partial charge in [0.1, 0.15) is 29.7 Å². The van der Waals surface area contributed by atoms with Crippen molar-refractivity contribution in [1.29, 1.82) is 0 Å². The van der Waals surface area contributed by atoms with Gasteiger partial charge in [-0.25, -0.2) is 4.98 Å². The molecule has 1 aromatic heterocycles. The van der Waals surface area contributed by atoms with Crippen molar-refractivity contribution in [2.75, 3.05) is 30.3 Å². The molecule has 0 aliphatic carbocycles. The zero-order chi connectivity index (χ0) is 26.9. The summed E-state index contributed by atoms with van der Waals surface area (Å²) in [5.74, 6) is 2.11. The molecular weight excluding hydrogens is 486 g/mol. The number of aromatic nitrogens is 1. The number of hydrogen-bond donors (Lipinski definition) is 3. The van der Waals surface area contributed by atoms with E-state index in [1.54, 1.807) is 0 Å². The highest BCUT2D eigenvalue weighted by atomic mass is 16.5. The molecule has 1 fully saturated rings. The van der Waals surface area contributed by atoms with Gasteiger partial charge in [-0.1, -0.05) is 50.5 Å². The van der Waals surface area contributed by atoms with Gasteiger partial charge in [-0.2, -0.15) is 0 Å². The zero-order valence-corrected chi connectivity index (χ0v) is 22.8. The van der Waals surface area contributed by atoms with Gasteiger partial charge in [-0.05, 0) is 86.1 Å². The van der Waals surface area contributed by atoms with E-state index in [0.717, 1.165) is 60.3 Å². The summed E-state index contributed by atoms with van der Waals surface area (Å²) in [7, 11) is 0. The number of aldehydes is 1. The zero-order valence-electron chi connectivity index (χ0n) is 22.8. The van der Waals surface area contributed by atoms with Crippen LogP contribution in [0.1, 0.15) is 68.2 Å². The molecule has 204 valence electrons. The fraction of sp³-hybridized carbons (Fsp3) is 0.375. The minimum atomic E-state index is -0.487. The molecule has 0 saturated carbocycles. The molecule has 3 heterocycles. The first-order valence-corrected chi connectivity index (χ1v) is 14.2. The average Bonchev–Trinajstić information content (AvgIpc) is 2.96. The number of rotatable bonds is 12. The fourth-order valence-corrected chi connectivity index (χ4v) is 5.26. The molecule has 0 amide bonds. The van der Waals surface area contributed by atoms with Crippen molar-refractivity contribution in [1.82, 2.24) is 15.2 Å². The first-order chi connectivity index (χ1) is 19.2. The summed E-state index contributed by atoms with van der Waals surface area (Å²) in [5.41, 5.74) is 4.86. The van der Waals surface area contributed by atoms with Crippen molar-refractivity contribution in [2.45, 2.75) is 58.0 Å². The van der Waals surface area contributed by atoms with Gasteiger partial charge in [-0.3, -0.25) is 4.90 Å². The quantitative estimate of drug-likeness (QED) is 0.175. The van der Waals surface area contributed by atoms with Crippen molar-refractivity contribution in [3.8, 4) is 5.75 Å². The summed E-state index contributed by atoms with van der Waals surface area (Å²) in [6.07, 6.45) is 11.9. The van der Waals surface area contributed by atoms with Gasteiger partial charge in [0.05, 0.1) is 12.3 Å². The van der Waals surface area contributed by atoms with Crippen LogP contribution in [0.2, 0.25) is 0 Å². The Hall–Kier alpha value is -3.84. The Morgan fingerprint density at radius 1 is 1.05 bits per heavy atom. The van der Waals surface area contributed by atoms with Crippen molar-refractivity contribution >= 4 is 35.4 Å². The van der Waals surface area contributed by atoms with Crippen LogP contribution >= 0.6 is 0 Å². The van der Waals surface area contributed by atoms with Gasteiger partial charge in [0, 0.05) is 17.8 Å². The van der Waals surface area contributed by atoms with Crippen molar-refractivity contribution < 1.29 is 9.53 Å². The highest BCUT2D eigenvalue weighted by Crippen LogP contribution is 2.35. The number of benzene rings is 2. The Kier molecular flexibility index (Phi) is 9.12. The molecule has 1 saturated heterocycles. The number of piperidine rings is 1. The van der Waals surface area contributed by atoms with Gasteiger partial charge in [0.2, 0.25) is 0 Å². The van der Waals surface area contributed by atoms with Gasteiger partial charge < -0.3 is 25.5 Å². The lowest BCUT2D eigenvalue weighted by Gasteiger charge is -2.26. The molecule has 7 nitrogen and oxygen atoms in total. The first kappa shape index (κ1) is 26.8. The van der Waals surface area contributed by atoms with Crippen molar-refractivity contribution in [3.05, 3.63) is 77.5 Å². The van der Waals surface area contributed by atoms with E-state index in [4.69, 9.17) is 9.72 Å². The smallest absolute Gasteiger partial charge is 0.146 e. The van der Waals surface area contributed by atoms with E-state index in [1.165, 1.54) is 37.9 Å². The van der Waals surface area contributed by atoms with Crippen LogP contribution in [0.25, 0.3) is 6.08 Å². The number of carbonyl (C=O) groups is 1. The highest BCUT2D eigenvalue weighted by molar-refractivity contribution is 5.80. The number of anilines is 4. The second kappa shape index (κ2) is 13.3. The number of carbonyl (C=O) groups excluding carboxylic acids is 1. The molecule has 0 spiro atoms. The van der Waals surface area contributed by atoms with E-state index in [0.29, 0.717) is 18.2 Å². The minimum Gasteiger partial charge on any atom is -0.491 e. The predicted octanol–water partition coefficient (Wildman–Crippen LogP) is 6.94. The summed E-state index contributed by atoms with van der Waals surface area (Å²) in [4.78, 5) is 19.5. The Labute approximate surface area is 231 Å². The molecule has 39 heavy (non-hydrogen) atoms. The van der Waals surface area contributed by atoms with Gasteiger partial charge >= 0.3 is 0 Å². The normalized spacial score (nSPS) is 16.7. The lowest BCUT2D eigenvalue weighted by atomic mass is 9.99. The number of para-hydroxylation sites is 2. The second-order valence-electron chi connectivity index (χ2n) is 10.3. The number of hydrogen-bond acceptors (Lipinski definition) is 7. The van der Waals surface area contributed by atoms with Crippen LogP contribution in [-0.4, -0.2) is 35.9 Å². The Balaban J connectivity index is 1.41. The maximum Gasteiger partial charge on any atom is 0.146 e. The Morgan fingerprint density at radius 2 is 1.92 bits per heavy atom. The highest BCUT2D eigenvalue weighted by Gasteiger charge is 2.23. The van der Waals surface area contributed by atoms with E-state index in [1.807, 2.05) is 42.6 Å². The third-order valence-corrected chi connectivity index (χ3v) is 7.28. The predicted molar refractivity (Wildman–Crippen MR) is 159 cm³/mol. The monoisotopic (exact) mass is 525 g/mol. The van der Waals surface area contributed by atoms with E-state index < -0.39 is 6.04 Å². The summed E-state index contributed by atoms with van der Waals surface area (Å²) in [5, 5.41) is 10.1. The number of nitrogens with zero attached hydrogens (tertiary/aromatic N) is 2. The SMILES string of the molecule is CCCCCOc1ccccc1Nc1nc(Nc2cccc(CN3CCCCC3)c2)cc2c1C(C=O)NC=C2. The fourth-order valence-electron chi connectivity index (χ4n) is 5.26. The van der Waals surface area contributed by atoms with Crippen LogP contribution in [0.3, 0.4) is 0 Å². The number of nitrogens with one attached hydrogen (secondary N) is 3. The molecule has 0 radical (unpaired) electrons. The van der Waals surface area contributed by atoms with Crippen LogP contribution < -0.4 is 20.7 Å². The molecule has 2 aliphatic heterocycles. The topological polar surface area (TPSA) is 78.5 Å². The van der Waals surface area contributed by atoms with Gasteiger partial charge in [0.15, 0.2) is 0 Å². The Morgan fingerprint density at radius 3 is 2.77 bits per heavy atom. The largest absolute Gasteiger partial charge is 0.491 e. The standard InChI is InChI=1S/C32H39N5O2/c1-2-3-9-19-39-29-14-6-5-13-27(29)35-32-31-25(15-16-33-28(31)23-38)21-30(36-32)34-26-12-10-11-24(20-26)22-37-17-7-4-8-18-37/h5-6,10-16,20-21,23,28,33H,2-4,7-9,17-19,22H2,1H3,(H2,34,35,36). The van der Waals surface area contributed by atoms with E-state index in [2.05, 4.69) is 52.0 Å². The van der Waals surface area contributed by atoms with Crippen LogP contribution in [0.15, 0.2) is 60.8 Å². The minimum absolute atomic E-state index is 0.487. The van der Waals surface area contributed by atoms with Crippen LogP contribution in [-0.2, 0) is 11.3 Å². The van der Waals surface area contributed by atoms with Crippen LogP contribution in [0.4, 0.5) is 23.0 Å². The molecule has 0 bridgehead atoms. The van der Waals surface area contributed by atoms with E-state index in [9.17, 15) is 4.79 Å². The summed E-state index contributed by atoms with van der Waals surface area (Å²) < 4.78 is 6.10. The van der Waals surface area contributed by atoms with E-state index in [-0.39, 0.29) is 0 Å². The maximum absolute atomic E-state index is 12.0. The number of fused-ring (bicyclic) bond motifs is 1. The van der Waals surface area contributed by atoms with Crippen LogP contribution in [0, 0.1) is 0 Å². The third kappa shape index (κ3) is 6.98. The molecule has 7 heteroatoms. The maximum atomic E-state index is 12.0. The van der Waals surface area contributed by atoms with Gasteiger partial charge in [-0.15, -0.1) is 0 Å². The Bertz CT molecular complexity index is 1290. The summed E-state index contributed by atoms with van der Waals surface area (Å²) in [6.45, 7) is 6.14. The molecule has 1 atom stereocenters. The van der Waals surface area contributed by atoms with E-state index >= 15 is 0 Å². The molecular formula is C32H39N5O2. The van der Waals surface area contributed by atoms with Crippen molar-refractivity contribution in [3.63, 3.8) is 0 Å².